The monoisotopic (exact) mass is 363 g/mol. The summed E-state index contributed by atoms with van der Waals surface area (Å²) in [6.07, 6.45) is 0.954. The number of hydrogen-bond donors (Lipinski definition) is 0. The van der Waals surface area contributed by atoms with Crippen molar-refractivity contribution < 1.29 is 4.79 Å². The Kier molecular flexibility index (Phi) is 4.44. The van der Waals surface area contributed by atoms with E-state index in [1.165, 1.54) is 11.1 Å². The molecule has 1 aromatic carbocycles. The lowest BCUT2D eigenvalue weighted by Gasteiger charge is -2.36. The van der Waals surface area contributed by atoms with E-state index in [1.54, 1.807) is 15.5 Å². The van der Waals surface area contributed by atoms with Crippen LogP contribution in [0, 0.1) is 13.8 Å². The molecule has 1 aliphatic rings. The number of fused-ring (bicyclic) bond motifs is 2. The summed E-state index contributed by atoms with van der Waals surface area (Å²) in [5, 5.41) is 4.47. The third kappa shape index (κ3) is 3.32. The fourth-order valence-electron chi connectivity index (χ4n) is 3.91. The summed E-state index contributed by atoms with van der Waals surface area (Å²) in [6.45, 7) is 5.51. The van der Waals surface area contributed by atoms with Gasteiger partial charge in [-0.3, -0.25) is 9.69 Å². The number of likely N-dealkylation sites (N-methyl/N-ethyl adjacent to an activating group) is 2. The quantitative estimate of drug-likeness (QED) is 0.717. The molecule has 0 fully saturated rings. The van der Waals surface area contributed by atoms with Gasteiger partial charge >= 0.3 is 0 Å². The van der Waals surface area contributed by atoms with Crippen LogP contribution in [0.15, 0.2) is 36.4 Å². The van der Waals surface area contributed by atoms with Crippen molar-refractivity contribution >= 4 is 11.6 Å². The van der Waals surface area contributed by atoms with Gasteiger partial charge < -0.3 is 4.90 Å². The maximum absolute atomic E-state index is 12.9. The number of carbonyl (C=O) groups excluding carboxylic acids is 1. The van der Waals surface area contributed by atoms with E-state index in [4.69, 9.17) is 0 Å². The van der Waals surface area contributed by atoms with E-state index >= 15 is 0 Å². The Morgan fingerprint density at radius 3 is 2.74 bits per heavy atom. The fourth-order valence-corrected chi connectivity index (χ4v) is 3.91. The van der Waals surface area contributed by atoms with Crippen LogP contribution in [0.1, 0.15) is 33.0 Å². The van der Waals surface area contributed by atoms with Crippen LogP contribution in [0.2, 0.25) is 0 Å². The highest BCUT2D eigenvalue weighted by Gasteiger charge is 2.26. The first-order chi connectivity index (χ1) is 12.9. The Bertz CT molecular complexity index is 1010. The maximum Gasteiger partial charge on any atom is 0.274 e. The van der Waals surface area contributed by atoms with E-state index in [0.29, 0.717) is 23.9 Å². The topological polar surface area (TPSA) is 53.7 Å². The van der Waals surface area contributed by atoms with Gasteiger partial charge in [0.25, 0.3) is 5.91 Å². The number of aryl methyl sites for hydroxylation is 2. The van der Waals surface area contributed by atoms with Gasteiger partial charge in [0.15, 0.2) is 11.3 Å². The van der Waals surface area contributed by atoms with Crippen LogP contribution in [0.3, 0.4) is 0 Å². The van der Waals surface area contributed by atoms with Crippen LogP contribution >= 0.6 is 0 Å². The van der Waals surface area contributed by atoms with Crippen molar-refractivity contribution in [3.05, 3.63) is 64.6 Å². The summed E-state index contributed by atoms with van der Waals surface area (Å²) in [4.78, 5) is 21.5. The number of nitrogens with zero attached hydrogens (tertiary/aromatic N) is 5. The van der Waals surface area contributed by atoms with E-state index in [1.807, 2.05) is 27.0 Å². The zero-order valence-electron chi connectivity index (χ0n) is 16.3. The molecule has 3 aromatic rings. The van der Waals surface area contributed by atoms with Gasteiger partial charge in [-0.25, -0.2) is 9.50 Å². The molecular formula is C21H25N5O. The lowest BCUT2D eigenvalue weighted by Crippen LogP contribution is -2.46. The van der Waals surface area contributed by atoms with Crippen molar-refractivity contribution in [2.75, 3.05) is 20.6 Å². The molecule has 1 unspecified atom stereocenters. The molecule has 6 nitrogen and oxygen atoms in total. The summed E-state index contributed by atoms with van der Waals surface area (Å²) in [7, 11) is 3.98. The molecule has 0 N–H and O–H groups in total. The molecule has 0 spiro atoms. The van der Waals surface area contributed by atoms with Gasteiger partial charge in [0.05, 0.1) is 0 Å². The van der Waals surface area contributed by atoms with Crippen LogP contribution < -0.4 is 0 Å². The number of rotatable bonds is 3. The predicted molar refractivity (Wildman–Crippen MR) is 105 cm³/mol. The average Bonchev–Trinajstić information content (AvgIpc) is 3.06. The van der Waals surface area contributed by atoms with Crippen molar-refractivity contribution in [3.8, 4) is 0 Å². The predicted octanol–water partition coefficient (Wildman–Crippen LogP) is 2.47. The van der Waals surface area contributed by atoms with Crippen molar-refractivity contribution in [1.82, 2.24) is 24.4 Å². The highest BCUT2D eigenvalue weighted by atomic mass is 16.2. The van der Waals surface area contributed by atoms with Crippen LogP contribution in [0.25, 0.3) is 5.65 Å². The smallest absolute Gasteiger partial charge is 0.274 e. The van der Waals surface area contributed by atoms with E-state index in [2.05, 4.69) is 46.3 Å². The molecule has 0 radical (unpaired) electrons. The number of benzene rings is 1. The van der Waals surface area contributed by atoms with Crippen LogP contribution in [-0.2, 0) is 13.0 Å². The van der Waals surface area contributed by atoms with Gasteiger partial charge in [-0.2, -0.15) is 5.10 Å². The molecular weight excluding hydrogens is 338 g/mol. The van der Waals surface area contributed by atoms with Gasteiger partial charge in [-0.05, 0) is 44.5 Å². The second-order valence-corrected chi connectivity index (χ2v) is 7.57. The van der Waals surface area contributed by atoms with Crippen LogP contribution in [-0.4, -0.2) is 57.0 Å². The van der Waals surface area contributed by atoms with Crippen LogP contribution in [0.4, 0.5) is 0 Å². The first kappa shape index (κ1) is 17.7. The van der Waals surface area contributed by atoms with Crippen LogP contribution in [0.5, 0.6) is 0 Å². The van der Waals surface area contributed by atoms with Gasteiger partial charge in [-0.1, -0.05) is 24.3 Å². The Labute approximate surface area is 159 Å². The molecule has 0 saturated carbocycles. The molecule has 3 heterocycles. The number of amides is 1. The average molecular weight is 363 g/mol. The third-order valence-corrected chi connectivity index (χ3v) is 5.40. The Hall–Kier alpha value is -2.73. The molecule has 6 heteroatoms. The largest absolute Gasteiger partial charge is 0.339 e. The Morgan fingerprint density at radius 1 is 1.22 bits per heavy atom. The lowest BCUT2D eigenvalue weighted by atomic mass is 9.94. The Morgan fingerprint density at radius 2 is 1.96 bits per heavy atom. The zero-order chi connectivity index (χ0) is 19.1. The Balaban J connectivity index is 1.52. The zero-order valence-corrected chi connectivity index (χ0v) is 16.3. The van der Waals surface area contributed by atoms with Crippen molar-refractivity contribution in [3.63, 3.8) is 0 Å². The van der Waals surface area contributed by atoms with Gasteiger partial charge in [-0.15, -0.1) is 0 Å². The highest BCUT2D eigenvalue weighted by molar-refractivity contribution is 5.93. The summed E-state index contributed by atoms with van der Waals surface area (Å²) < 4.78 is 1.73. The molecule has 4 rings (SSSR count). The maximum atomic E-state index is 12.9. The van der Waals surface area contributed by atoms with Gasteiger partial charge in [0.1, 0.15) is 0 Å². The van der Waals surface area contributed by atoms with Gasteiger partial charge in [0.2, 0.25) is 0 Å². The van der Waals surface area contributed by atoms with E-state index in [9.17, 15) is 4.79 Å². The summed E-state index contributed by atoms with van der Waals surface area (Å²) >= 11 is 0. The standard InChI is InChI=1S/C21H25N5O/c1-14-9-15(2)26-20(22-14)11-19(23-26)21(27)25(4)13-18-10-16-7-5-6-8-17(16)12-24(18)3/h5-9,11,18H,10,12-13H2,1-4H3. The molecule has 140 valence electrons. The fraction of sp³-hybridized carbons (Fsp3) is 0.381. The molecule has 0 bridgehead atoms. The molecule has 1 amide bonds. The summed E-state index contributed by atoms with van der Waals surface area (Å²) in [5.74, 6) is -0.0650. The first-order valence-electron chi connectivity index (χ1n) is 9.29. The molecule has 2 aromatic heterocycles. The molecule has 1 aliphatic heterocycles. The second kappa shape index (κ2) is 6.78. The van der Waals surface area contributed by atoms with E-state index in [0.717, 1.165) is 24.4 Å². The minimum absolute atomic E-state index is 0.0650. The van der Waals surface area contributed by atoms with Crippen molar-refractivity contribution in [2.45, 2.75) is 32.9 Å². The minimum atomic E-state index is -0.0650. The minimum Gasteiger partial charge on any atom is -0.339 e. The third-order valence-electron chi connectivity index (χ3n) is 5.40. The number of carbonyl (C=O) groups is 1. The molecule has 0 saturated heterocycles. The molecule has 1 atom stereocenters. The lowest BCUT2D eigenvalue weighted by molar-refractivity contribution is 0.0727. The van der Waals surface area contributed by atoms with E-state index in [-0.39, 0.29) is 5.91 Å². The number of aromatic nitrogens is 3. The first-order valence-corrected chi connectivity index (χ1v) is 9.29. The summed E-state index contributed by atoms with van der Waals surface area (Å²) in [6, 6.07) is 12.6. The second-order valence-electron chi connectivity index (χ2n) is 7.57. The summed E-state index contributed by atoms with van der Waals surface area (Å²) in [5.41, 5.74) is 5.81. The van der Waals surface area contributed by atoms with E-state index < -0.39 is 0 Å². The van der Waals surface area contributed by atoms with Gasteiger partial charge in [0, 0.05) is 43.6 Å². The highest BCUT2D eigenvalue weighted by Crippen LogP contribution is 2.22. The van der Waals surface area contributed by atoms with Crippen molar-refractivity contribution in [1.29, 1.82) is 0 Å². The normalized spacial score (nSPS) is 17.1. The number of hydrogen-bond acceptors (Lipinski definition) is 4. The molecule has 0 aliphatic carbocycles. The molecule has 27 heavy (non-hydrogen) atoms. The SMILES string of the molecule is Cc1cc(C)n2nc(C(=O)N(C)CC3Cc4ccccc4CN3C)cc2n1. The van der Waals surface area contributed by atoms with Crippen molar-refractivity contribution in [2.24, 2.45) is 0 Å².